The second-order valence-electron chi connectivity index (χ2n) is 6.06. The Hall–Kier alpha value is -0.950. The van der Waals surface area contributed by atoms with Gasteiger partial charge in [-0.3, -0.25) is 4.90 Å². The van der Waals surface area contributed by atoms with Gasteiger partial charge < -0.3 is 14.9 Å². The normalized spacial score (nSPS) is 27.4. The number of urea groups is 1. The van der Waals surface area contributed by atoms with Gasteiger partial charge in [-0.1, -0.05) is 0 Å². The molecule has 6 nitrogen and oxygen atoms in total. The standard InChI is InChI=1S/C13H23N3O3S/c1-13(2)9-15(5-4-14(13)3)12(19)16-6-7-20-8-10(16)11(17)18/h10H,4-9H2,1-3H3,(H,17,18). The minimum atomic E-state index is -0.904. The molecule has 1 N–H and O–H groups in total. The summed E-state index contributed by atoms with van der Waals surface area (Å²) in [5.74, 6) is 0.393. The fourth-order valence-corrected chi connectivity index (χ4v) is 3.66. The van der Waals surface area contributed by atoms with E-state index in [1.165, 1.54) is 4.90 Å². The smallest absolute Gasteiger partial charge is 0.327 e. The van der Waals surface area contributed by atoms with Gasteiger partial charge in [0, 0.05) is 43.2 Å². The number of rotatable bonds is 1. The van der Waals surface area contributed by atoms with Crippen LogP contribution in [0.5, 0.6) is 0 Å². The SMILES string of the molecule is CN1CCN(C(=O)N2CCSCC2C(=O)O)CC1(C)C. The van der Waals surface area contributed by atoms with Crippen LogP contribution in [0.15, 0.2) is 0 Å². The zero-order valence-corrected chi connectivity index (χ0v) is 13.2. The average Bonchev–Trinajstić information content (AvgIpc) is 2.41. The van der Waals surface area contributed by atoms with Crippen molar-refractivity contribution in [2.75, 3.05) is 44.7 Å². The summed E-state index contributed by atoms with van der Waals surface area (Å²) in [5.41, 5.74) is -0.0723. The highest BCUT2D eigenvalue weighted by Gasteiger charge is 2.39. The van der Waals surface area contributed by atoms with Crippen LogP contribution < -0.4 is 0 Å². The summed E-state index contributed by atoms with van der Waals surface area (Å²) in [5, 5.41) is 9.27. The maximum Gasteiger partial charge on any atom is 0.327 e. The molecule has 0 saturated carbocycles. The lowest BCUT2D eigenvalue weighted by molar-refractivity contribution is -0.141. The number of likely N-dealkylation sites (N-methyl/N-ethyl adjacent to an activating group) is 1. The number of carboxylic acid groups (broad SMARTS) is 1. The lowest BCUT2D eigenvalue weighted by Gasteiger charge is -2.47. The summed E-state index contributed by atoms with van der Waals surface area (Å²) in [7, 11) is 2.05. The second kappa shape index (κ2) is 5.81. The number of nitrogens with zero attached hydrogens (tertiary/aromatic N) is 3. The number of piperazine rings is 1. The highest BCUT2D eigenvalue weighted by atomic mass is 32.2. The lowest BCUT2D eigenvalue weighted by Crippen LogP contribution is -2.63. The Morgan fingerprint density at radius 3 is 2.55 bits per heavy atom. The zero-order valence-electron chi connectivity index (χ0n) is 12.3. The van der Waals surface area contributed by atoms with Gasteiger partial charge in [0.05, 0.1) is 0 Å². The number of thioether (sulfide) groups is 1. The van der Waals surface area contributed by atoms with Gasteiger partial charge in [-0.2, -0.15) is 11.8 Å². The first-order chi connectivity index (χ1) is 9.33. The van der Waals surface area contributed by atoms with Crippen molar-refractivity contribution in [3.8, 4) is 0 Å². The second-order valence-corrected chi connectivity index (χ2v) is 7.21. The largest absolute Gasteiger partial charge is 0.480 e. The zero-order chi connectivity index (χ0) is 14.9. The van der Waals surface area contributed by atoms with Gasteiger partial charge in [0.2, 0.25) is 0 Å². The third kappa shape index (κ3) is 3.03. The number of carbonyl (C=O) groups is 2. The number of hydrogen-bond acceptors (Lipinski definition) is 4. The summed E-state index contributed by atoms with van der Waals surface area (Å²) in [6.45, 7) is 6.85. The Balaban J connectivity index is 2.08. The molecule has 0 aromatic carbocycles. The van der Waals surface area contributed by atoms with Gasteiger partial charge in [0.15, 0.2) is 0 Å². The van der Waals surface area contributed by atoms with Crippen LogP contribution in [-0.4, -0.2) is 88.1 Å². The van der Waals surface area contributed by atoms with Crippen LogP contribution in [0.1, 0.15) is 13.8 Å². The predicted molar refractivity (Wildman–Crippen MR) is 79.1 cm³/mol. The van der Waals surface area contributed by atoms with Crippen LogP contribution in [-0.2, 0) is 4.79 Å². The van der Waals surface area contributed by atoms with Gasteiger partial charge >= 0.3 is 12.0 Å². The minimum Gasteiger partial charge on any atom is -0.480 e. The van der Waals surface area contributed by atoms with E-state index in [4.69, 9.17) is 0 Å². The molecule has 0 bridgehead atoms. The minimum absolute atomic E-state index is 0.0723. The van der Waals surface area contributed by atoms with E-state index in [1.807, 2.05) is 0 Å². The fraction of sp³-hybridized carbons (Fsp3) is 0.846. The van der Waals surface area contributed by atoms with Crippen molar-refractivity contribution in [1.82, 2.24) is 14.7 Å². The number of amides is 2. The average molecular weight is 301 g/mol. The van der Waals surface area contributed by atoms with Gasteiger partial charge in [0.25, 0.3) is 0 Å². The van der Waals surface area contributed by atoms with E-state index in [2.05, 4.69) is 25.8 Å². The van der Waals surface area contributed by atoms with E-state index in [0.717, 1.165) is 12.3 Å². The number of carboxylic acids is 1. The first kappa shape index (κ1) is 15.4. The molecule has 2 amide bonds. The van der Waals surface area contributed by atoms with Gasteiger partial charge in [0.1, 0.15) is 6.04 Å². The molecular weight excluding hydrogens is 278 g/mol. The van der Waals surface area contributed by atoms with Crippen molar-refractivity contribution >= 4 is 23.8 Å². The Morgan fingerprint density at radius 1 is 1.25 bits per heavy atom. The summed E-state index contributed by atoms with van der Waals surface area (Å²) < 4.78 is 0. The Labute approximate surface area is 124 Å². The molecule has 2 aliphatic rings. The van der Waals surface area contributed by atoms with Crippen molar-refractivity contribution in [2.24, 2.45) is 0 Å². The summed E-state index contributed by atoms with van der Waals surface area (Å²) in [6.07, 6.45) is 0. The van der Waals surface area contributed by atoms with Crippen LogP contribution in [0, 0.1) is 0 Å². The van der Waals surface area contributed by atoms with E-state index < -0.39 is 12.0 Å². The summed E-state index contributed by atoms with van der Waals surface area (Å²) in [6, 6.07) is -0.817. The number of hydrogen-bond donors (Lipinski definition) is 1. The molecular formula is C13H23N3O3S. The Morgan fingerprint density at radius 2 is 1.95 bits per heavy atom. The molecule has 0 spiro atoms. The predicted octanol–water partition coefficient (Wildman–Crippen LogP) is 0.634. The van der Waals surface area contributed by atoms with Gasteiger partial charge in [-0.05, 0) is 20.9 Å². The van der Waals surface area contributed by atoms with Crippen molar-refractivity contribution in [3.63, 3.8) is 0 Å². The van der Waals surface area contributed by atoms with E-state index in [9.17, 15) is 14.7 Å². The summed E-state index contributed by atoms with van der Waals surface area (Å²) in [4.78, 5) is 29.5. The lowest BCUT2D eigenvalue weighted by atomic mass is 10.00. The maximum atomic E-state index is 12.6. The molecule has 2 rings (SSSR count). The van der Waals surface area contributed by atoms with Crippen LogP contribution >= 0.6 is 11.8 Å². The fourth-order valence-electron chi connectivity index (χ4n) is 2.62. The molecule has 2 saturated heterocycles. The topological polar surface area (TPSA) is 64.1 Å². The first-order valence-electron chi connectivity index (χ1n) is 6.90. The van der Waals surface area contributed by atoms with Crippen LogP contribution in [0.2, 0.25) is 0 Å². The third-order valence-electron chi connectivity index (χ3n) is 4.25. The Kier molecular flexibility index (Phi) is 4.49. The molecule has 1 unspecified atom stereocenters. The quantitative estimate of drug-likeness (QED) is 0.770. The van der Waals surface area contributed by atoms with Crippen molar-refractivity contribution in [1.29, 1.82) is 0 Å². The molecule has 0 radical (unpaired) electrons. The number of aliphatic carboxylic acids is 1. The molecule has 2 heterocycles. The van der Waals surface area contributed by atoms with Crippen molar-refractivity contribution in [2.45, 2.75) is 25.4 Å². The third-order valence-corrected chi connectivity index (χ3v) is 5.27. The van der Waals surface area contributed by atoms with E-state index in [-0.39, 0.29) is 11.6 Å². The molecule has 114 valence electrons. The van der Waals surface area contributed by atoms with E-state index in [0.29, 0.717) is 25.4 Å². The van der Waals surface area contributed by atoms with Crippen molar-refractivity contribution < 1.29 is 14.7 Å². The van der Waals surface area contributed by atoms with Crippen LogP contribution in [0.4, 0.5) is 4.79 Å². The van der Waals surface area contributed by atoms with Gasteiger partial charge in [-0.25, -0.2) is 9.59 Å². The monoisotopic (exact) mass is 301 g/mol. The number of carbonyl (C=O) groups excluding carboxylic acids is 1. The maximum absolute atomic E-state index is 12.6. The molecule has 7 heteroatoms. The molecule has 0 aromatic rings. The van der Waals surface area contributed by atoms with Crippen LogP contribution in [0.3, 0.4) is 0 Å². The van der Waals surface area contributed by atoms with Crippen molar-refractivity contribution in [3.05, 3.63) is 0 Å². The van der Waals surface area contributed by atoms with Crippen LogP contribution in [0.25, 0.3) is 0 Å². The molecule has 2 fully saturated rings. The molecule has 0 aromatic heterocycles. The highest BCUT2D eigenvalue weighted by molar-refractivity contribution is 7.99. The van der Waals surface area contributed by atoms with Gasteiger partial charge in [-0.15, -0.1) is 0 Å². The highest BCUT2D eigenvalue weighted by Crippen LogP contribution is 2.23. The molecule has 1 atom stereocenters. The first-order valence-corrected chi connectivity index (χ1v) is 8.06. The van der Waals surface area contributed by atoms with E-state index in [1.54, 1.807) is 16.7 Å². The molecule has 0 aliphatic carbocycles. The Bertz CT molecular complexity index is 402. The molecule has 20 heavy (non-hydrogen) atoms. The van der Waals surface area contributed by atoms with E-state index >= 15 is 0 Å². The summed E-state index contributed by atoms with van der Waals surface area (Å²) >= 11 is 1.60. The molecule has 2 aliphatic heterocycles.